The molecule has 1 aromatic carbocycles. The molecule has 0 aliphatic heterocycles. The van der Waals surface area contributed by atoms with Crippen molar-refractivity contribution in [3.8, 4) is 5.75 Å². The largest absolute Gasteiger partial charge is 0.494 e. The van der Waals surface area contributed by atoms with E-state index in [1.54, 1.807) is 25.1 Å². The maximum atomic E-state index is 12.3. The second-order valence-electron chi connectivity index (χ2n) is 4.33. The molecule has 0 atom stereocenters. The van der Waals surface area contributed by atoms with Crippen molar-refractivity contribution in [1.29, 1.82) is 0 Å². The first-order valence-electron chi connectivity index (χ1n) is 6.30. The van der Waals surface area contributed by atoms with Crippen LogP contribution in [0.1, 0.15) is 12.5 Å². The summed E-state index contributed by atoms with van der Waals surface area (Å²) in [7, 11) is -3.69. The molecular formula is C14H15ClN2O3S. The topological polar surface area (TPSA) is 68.3 Å². The van der Waals surface area contributed by atoms with E-state index >= 15 is 0 Å². The Morgan fingerprint density at radius 3 is 2.62 bits per heavy atom. The number of nitrogens with zero attached hydrogens (tertiary/aromatic N) is 1. The van der Waals surface area contributed by atoms with Gasteiger partial charge in [0.1, 0.15) is 15.8 Å². The van der Waals surface area contributed by atoms with Crippen LogP contribution in [0.15, 0.2) is 41.4 Å². The second kappa shape index (κ2) is 6.32. The highest BCUT2D eigenvalue weighted by molar-refractivity contribution is 7.92. The first kappa shape index (κ1) is 15.6. The second-order valence-corrected chi connectivity index (χ2v) is 6.40. The zero-order valence-electron chi connectivity index (χ0n) is 11.6. The lowest BCUT2D eigenvalue weighted by Gasteiger charge is -2.12. The van der Waals surface area contributed by atoms with Gasteiger partial charge in [-0.05, 0) is 49.7 Å². The van der Waals surface area contributed by atoms with Gasteiger partial charge in [-0.1, -0.05) is 11.6 Å². The van der Waals surface area contributed by atoms with Crippen LogP contribution in [-0.2, 0) is 10.0 Å². The lowest BCUT2D eigenvalue weighted by molar-refractivity contribution is 0.340. The van der Waals surface area contributed by atoms with Gasteiger partial charge in [0.25, 0.3) is 10.0 Å². The van der Waals surface area contributed by atoms with Crippen molar-refractivity contribution >= 4 is 27.3 Å². The number of anilines is 1. The molecule has 0 saturated carbocycles. The maximum Gasteiger partial charge on any atom is 0.263 e. The predicted octanol–water partition coefficient (Wildman–Crippen LogP) is 3.24. The van der Waals surface area contributed by atoms with Crippen LogP contribution < -0.4 is 9.46 Å². The molecule has 0 spiro atoms. The number of aryl methyl sites for hydroxylation is 1. The fraction of sp³-hybridized carbons (Fsp3) is 0.214. The van der Waals surface area contributed by atoms with Gasteiger partial charge >= 0.3 is 0 Å². The van der Waals surface area contributed by atoms with Gasteiger partial charge < -0.3 is 4.74 Å². The van der Waals surface area contributed by atoms with Gasteiger partial charge in [0.2, 0.25) is 0 Å². The van der Waals surface area contributed by atoms with E-state index in [9.17, 15) is 8.42 Å². The molecule has 1 aromatic heterocycles. The number of aromatic nitrogens is 1. The summed E-state index contributed by atoms with van der Waals surface area (Å²) >= 11 is 5.65. The average molecular weight is 327 g/mol. The molecule has 0 unspecified atom stereocenters. The molecule has 0 amide bonds. The van der Waals surface area contributed by atoms with Crippen LogP contribution in [0.3, 0.4) is 0 Å². The summed E-state index contributed by atoms with van der Waals surface area (Å²) in [5, 5.41) is 0.242. The normalized spacial score (nSPS) is 11.2. The third kappa shape index (κ3) is 3.86. The van der Waals surface area contributed by atoms with Crippen molar-refractivity contribution in [2.75, 3.05) is 11.3 Å². The molecule has 0 radical (unpaired) electrons. The minimum atomic E-state index is -3.69. The molecule has 0 aliphatic rings. The van der Waals surface area contributed by atoms with Crippen molar-refractivity contribution in [3.63, 3.8) is 0 Å². The van der Waals surface area contributed by atoms with Crippen molar-refractivity contribution in [2.45, 2.75) is 18.7 Å². The van der Waals surface area contributed by atoms with Crippen molar-refractivity contribution in [2.24, 2.45) is 0 Å². The first-order valence-corrected chi connectivity index (χ1v) is 8.16. The van der Waals surface area contributed by atoms with E-state index in [0.717, 1.165) is 5.56 Å². The van der Waals surface area contributed by atoms with Crippen molar-refractivity contribution < 1.29 is 13.2 Å². The van der Waals surface area contributed by atoms with E-state index in [1.165, 1.54) is 18.3 Å². The van der Waals surface area contributed by atoms with Gasteiger partial charge in [-0.2, -0.15) is 0 Å². The SMILES string of the molecule is CCOc1ccc(NS(=O)(=O)c2ccc(Cl)nc2)c(C)c1. The number of benzene rings is 1. The summed E-state index contributed by atoms with van der Waals surface area (Å²) in [4.78, 5) is 3.83. The predicted molar refractivity (Wildman–Crippen MR) is 82.4 cm³/mol. The smallest absolute Gasteiger partial charge is 0.263 e. The number of ether oxygens (including phenoxy) is 1. The van der Waals surface area contributed by atoms with E-state index in [1.807, 2.05) is 6.92 Å². The molecule has 21 heavy (non-hydrogen) atoms. The van der Waals surface area contributed by atoms with Crippen LogP contribution in [0, 0.1) is 6.92 Å². The van der Waals surface area contributed by atoms with Gasteiger partial charge in [-0.15, -0.1) is 0 Å². The average Bonchev–Trinajstić information content (AvgIpc) is 2.42. The summed E-state index contributed by atoms with van der Waals surface area (Å²) in [6.07, 6.45) is 1.22. The zero-order chi connectivity index (χ0) is 15.5. The molecular weight excluding hydrogens is 312 g/mol. The minimum Gasteiger partial charge on any atom is -0.494 e. The number of sulfonamides is 1. The van der Waals surface area contributed by atoms with Crippen LogP contribution in [-0.4, -0.2) is 20.0 Å². The van der Waals surface area contributed by atoms with E-state index in [4.69, 9.17) is 16.3 Å². The fourth-order valence-corrected chi connectivity index (χ4v) is 2.92. The van der Waals surface area contributed by atoms with Crippen LogP contribution in [0.25, 0.3) is 0 Å². The van der Waals surface area contributed by atoms with Crippen molar-refractivity contribution in [3.05, 3.63) is 47.2 Å². The van der Waals surface area contributed by atoms with E-state index in [0.29, 0.717) is 18.0 Å². The number of hydrogen-bond donors (Lipinski definition) is 1. The number of nitrogens with one attached hydrogen (secondary N) is 1. The standard InChI is InChI=1S/C14H15ClN2O3S/c1-3-20-11-4-6-13(10(2)8-11)17-21(18,19)12-5-7-14(15)16-9-12/h4-9,17H,3H2,1-2H3. The van der Waals surface area contributed by atoms with Gasteiger partial charge in [-0.25, -0.2) is 13.4 Å². The summed E-state index contributed by atoms with van der Waals surface area (Å²) in [6, 6.07) is 8.00. The Kier molecular flexibility index (Phi) is 4.69. The molecule has 1 heterocycles. The molecule has 0 saturated heterocycles. The third-order valence-electron chi connectivity index (χ3n) is 2.76. The molecule has 112 valence electrons. The summed E-state index contributed by atoms with van der Waals surface area (Å²) in [6.45, 7) is 4.25. The van der Waals surface area contributed by atoms with Crippen LogP contribution in [0.2, 0.25) is 5.15 Å². The molecule has 1 N–H and O–H groups in total. The van der Waals surface area contributed by atoms with Crippen LogP contribution in [0.4, 0.5) is 5.69 Å². The Hall–Kier alpha value is -1.79. The number of halogens is 1. The Bertz CT molecular complexity index is 730. The van der Waals surface area contributed by atoms with Crippen LogP contribution >= 0.6 is 11.6 Å². The monoisotopic (exact) mass is 326 g/mol. The van der Waals surface area contributed by atoms with E-state index < -0.39 is 10.0 Å². The number of pyridine rings is 1. The summed E-state index contributed by atoms with van der Waals surface area (Å²) in [5.41, 5.74) is 1.26. The number of hydrogen-bond acceptors (Lipinski definition) is 4. The Morgan fingerprint density at radius 1 is 1.29 bits per heavy atom. The maximum absolute atomic E-state index is 12.3. The van der Waals surface area contributed by atoms with Gasteiger partial charge in [-0.3, -0.25) is 4.72 Å². The quantitative estimate of drug-likeness (QED) is 0.856. The van der Waals surface area contributed by atoms with Gasteiger partial charge in [0.05, 0.1) is 12.3 Å². The fourth-order valence-electron chi connectivity index (χ4n) is 1.73. The third-order valence-corrected chi connectivity index (χ3v) is 4.34. The summed E-state index contributed by atoms with van der Waals surface area (Å²) in [5.74, 6) is 0.700. The van der Waals surface area contributed by atoms with E-state index in [-0.39, 0.29) is 10.0 Å². The molecule has 5 nitrogen and oxygen atoms in total. The Balaban J connectivity index is 2.26. The minimum absolute atomic E-state index is 0.0557. The highest BCUT2D eigenvalue weighted by atomic mass is 35.5. The first-order chi connectivity index (χ1) is 9.92. The lowest BCUT2D eigenvalue weighted by atomic mass is 10.2. The Labute approximate surface area is 129 Å². The lowest BCUT2D eigenvalue weighted by Crippen LogP contribution is -2.14. The molecule has 0 bridgehead atoms. The highest BCUT2D eigenvalue weighted by Crippen LogP contribution is 2.24. The molecule has 7 heteroatoms. The number of rotatable bonds is 5. The molecule has 2 aromatic rings. The highest BCUT2D eigenvalue weighted by Gasteiger charge is 2.15. The van der Waals surface area contributed by atoms with E-state index in [2.05, 4.69) is 9.71 Å². The van der Waals surface area contributed by atoms with Crippen molar-refractivity contribution in [1.82, 2.24) is 4.98 Å². The summed E-state index contributed by atoms with van der Waals surface area (Å²) < 4.78 is 32.4. The zero-order valence-corrected chi connectivity index (χ0v) is 13.2. The van der Waals surface area contributed by atoms with Gasteiger partial charge in [0.15, 0.2) is 0 Å². The molecule has 0 aliphatic carbocycles. The van der Waals surface area contributed by atoms with Crippen LogP contribution in [0.5, 0.6) is 5.75 Å². The van der Waals surface area contributed by atoms with Gasteiger partial charge in [0, 0.05) is 6.20 Å². The molecule has 0 fully saturated rings. The molecule has 2 rings (SSSR count). The Morgan fingerprint density at radius 2 is 2.05 bits per heavy atom.